The van der Waals surface area contributed by atoms with Crippen LogP contribution in [0, 0.1) is 5.82 Å². The zero-order valence-electron chi connectivity index (χ0n) is 13.1. The van der Waals surface area contributed by atoms with Crippen LogP contribution in [-0.4, -0.2) is 28.8 Å². The number of aliphatic carboxylic acids is 1. The molecule has 0 saturated heterocycles. The van der Waals surface area contributed by atoms with Gasteiger partial charge in [-0.15, -0.1) is 0 Å². The molecular formula is C15H21FN2O4. The van der Waals surface area contributed by atoms with Crippen molar-refractivity contribution in [3.05, 3.63) is 24.0 Å². The second-order valence-corrected chi connectivity index (χ2v) is 5.76. The van der Waals surface area contributed by atoms with Crippen molar-refractivity contribution in [3.8, 4) is 0 Å². The SMILES string of the molecule is CCC(Nc1cc(F)ccc1NC(=O)OC(C)(C)C)C(=O)O. The van der Waals surface area contributed by atoms with Crippen LogP contribution in [-0.2, 0) is 9.53 Å². The molecule has 0 heterocycles. The van der Waals surface area contributed by atoms with Crippen LogP contribution in [0.4, 0.5) is 20.6 Å². The molecule has 6 nitrogen and oxygen atoms in total. The summed E-state index contributed by atoms with van der Waals surface area (Å²) in [6.45, 7) is 6.84. The van der Waals surface area contributed by atoms with E-state index in [1.54, 1.807) is 27.7 Å². The van der Waals surface area contributed by atoms with Gasteiger partial charge in [0.05, 0.1) is 11.4 Å². The van der Waals surface area contributed by atoms with Gasteiger partial charge in [0.25, 0.3) is 0 Å². The van der Waals surface area contributed by atoms with Crippen LogP contribution in [0.25, 0.3) is 0 Å². The van der Waals surface area contributed by atoms with Gasteiger partial charge >= 0.3 is 12.1 Å². The fourth-order valence-electron chi connectivity index (χ4n) is 1.68. The monoisotopic (exact) mass is 312 g/mol. The maximum Gasteiger partial charge on any atom is 0.412 e. The normalized spacial score (nSPS) is 12.4. The molecule has 1 unspecified atom stereocenters. The lowest BCUT2D eigenvalue weighted by molar-refractivity contribution is -0.137. The summed E-state index contributed by atoms with van der Waals surface area (Å²) in [5, 5.41) is 14.2. The number of ether oxygens (including phenoxy) is 1. The van der Waals surface area contributed by atoms with Crippen molar-refractivity contribution in [2.75, 3.05) is 10.6 Å². The zero-order chi connectivity index (χ0) is 16.9. The van der Waals surface area contributed by atoms with Gasteiger partial charge in [-0.3, -0.25) is 5.32 Å². The predicted molar refractivity (Wildman–Crippen MR) is 81.6 cm³/mol. The Kier molecular flexibility index (Phi) is 5.73. The quantitative estimate of drug-likeness (QED) is 0.775. The van der Waals surface area contributed by atoms with Gasteiger partial charge < -0.3 is 15.2 Å². The smallest absolute Gasteiger partial charge is 0.412 e. The molecule has 0 aliphatic rings. The van der Waals surface area contributed by atoms with E-state index in [9.17, 15) is 14.0 Å². The maximum absolute atomic E-state index is 13.4. The van der Waals surface area contributed by atoms with Gasteiger partial charge in [-0.25, -0.2) is 14.0 Å². The highest BCUT2D eigenvalue weighted by Gasteiger charge is 2.20. The minimum Gasteiger partial charge on any atom is -0.480 e. The van der Waals surface area contributed by atoms with E-state index in [1.807, 2.05) is 0 Å². The number of carboxylic acid groups (broad SMARTS) is 1. The van der Waals surface area contributed by atoms with Gasteiger partial charge in [-0.2, -0.15) is 0 Å². The number of anilines is 2. The van der Waals surface area contributed by atoms with Crippen LogP contribution in [0.5, 0.6) is 0 Å². The second kappa shape index (κ2) is 7.11. The fraction of sp³-hybridized carbons (Fsp3) is 0.467. The molecule has 1 atom stereocenters. The lowest BCUT2D eigenvalue weighted by atomic mass is 10.2. The van der Waals surface area contributed by atoms with Crippen molar-refractivity contribution in [1.82, 2.24) is 0 Å². The zero-order valence-corrected chi connectivity index (χ0v) is 13.1. The second-order valence-electron chi connectivity index (χ2n) is 5.76. The van der Waals surface area contributed by atoms with E-state index in [-0.39, 0.29) is 11.4 Å². The minimum absolute atomic E-state index is 0.181. The van der Waals surface area contributed by atoms with Crippen LogP contribution in [0.1, 0.15) is 34.1 Å². The molecule has 7 heteroatoms. The van der Waals surface area contributed by atoms with E-state index in [4.69, 9.17) is 9.84 Å². The van der Waals surface area contributed by atoms with Gasteiger partial charge in [0.1, 0.15) is 17.5 Å². The Labute approximate surface area is 128 Å². The Morgan fingerprint density at radius 3 is 2.45 bits per heavy atom. The van der Waals surface area contributed by atoms with Crippen molar-refractivity contribution in [2.24, 2.45) is 0 Å². The summed E-state index contributed by atoms with van der Waals surface area (Å²) in [4.78, 5) is 22.9. The molecule has 0 radical (unpaired) electrons. The molecule has 0 spiro atoms. The van der Waals surface area contributed by atoms with Gasteiger partial charge in [0, 0.05) is 0 Å². The molecule has 1 amide bonds. The summed E-state index contributed by atoms with van der Waals surface area (Å²) >= 11 is 0. The van der Waals surface area contributed by atoms with Crippen LogP contribution in [0.2, 0.25) is 0 Å². The number of hydrogen-bond acceptors (Lipinski definition) is 4. The predicted octanol–water partition coefficient (Wildman–Crippen LogP) is 3.45. The largest absolute Gasteiger partial charge is 0.480 e. The van der Waals surface area contributed by atoms with Crippen molar-refractivity contribution >= 4 is 23.4 Å². The Bertz CT molecular complexity index is 555. The van der Waals surface area contributed by atoms with Gasteiger partial charge in [-0.1, -0.05) is 6.92 Å². The van der Waals surface area contributed by atoms with Crippen LogP contribution >= 0.6 is 0 Å². The molecule has 0 saturated carbocycles. The third kappa shape index (κ3) is 5.59. The molecule has 1 aromatic carbocycles. The van der Waals surface area contributed by atoms with Crippen molar-refractivity contribution in [2.45, 2.75) is 45.8 Å². The van der Waals surface area contributed by atoms with Crippen molar-refractivity contribution in [3.63, 3.8) is 0 Å². The first-order valence-electron chi connectivity index (χ1n) is 6.91. The van der Waals surface area contributed by atoms with E-state index in [2.05, 4.69) is 10.6 Å². The summed E-state index contributed by atoms with van der Waals surface area (Å²) in [6.07, 6.45) is -0.400. The average Bonchev–Trinajstić information content (AvgIpc) is 2.36. The summed E-state index contributed by atoms with van der Waals surface area (Å²) < 4.78 is 18.5. The van der Waals surface area contributed by atoms with E-state index in [0.29, 0.717) is 6.42 Å². The molecule has 0 bridgehead atoms. The summed E-state index contributed by atoms with van der Waals surface area (Å²) in [7, 11) is 0. The molecule has 0 aliphatic heterocycles. The fourth-order valence-corrected chi connectivity index (χ4v) is 1.68. The third-order valence-corrected chi connectivity index (χ3v) is 2.65. The Hall–Kier alpha value is -2.31. The average molecular weight is 312 g/mol. The lowest BCUT2D eigenvalue weighted by Gasteiger charge is -2.21. The lowest BCUT2D eigenvalue weighted by Crippen LogP contribution is -2.30. The molecule has 0 aliphatic carbocycles. The third-order valence-electron chi connectivity index (χ3n) is 2.65. The molecule has 122 valence electrons. The van der Waals surface area contributed by atoms with Crippen LogP contribution in [0.15, 0.2) is 18.2 Å². The topological polar surface area (TPSA) is 87.7 Å². The Morgan fingerprint density at radius 1 is 1.32 bits per heavy atom. The van der Waals surface area contributed by atoms with E-state index >= 15 is 0 Å². The van der Waals surface area contributed by atoms with E-state index in [1.165, 1.54) is 12.1 Å². The van der Waals surface area contributed by atoms with Crippen LogP contribution < -0.4 is 10.6 Å². The number of carbonyl (C=O) groups excluding carboxylic acids is 1. The van der Waals surface area contributed by atoms with Crippen molar-refractivity contribution in [1.29, 1.82) is 0 Å². The number of carbonyl (C=O) groups is 2. The molecular weight excluding hydrogens is 291 g/mol. The number of rotatable bonds is 5. The summed E-state index contributed by atoms with van der Waals surface area (Å²) in [6, 6.07) is 2.75. The minimum atomic E-state index is -1.06. The standard InChI is InChI=1S/C15H21FN2O4/c1-5-10(13(19)20)17-12-8-9(16)6-7-11(12)18-14(21)22-15(2,3)4/h6-8,10,17H,5H2,1-4H3,(H,18,21)(H,19,20). The molecule has 1 rings (SSSR count). The highest BCUT2D eigenvalue weighted by Crippen LogP contribution is 2.25. The molecule has 22 heavy (non-hydrogen) atoms. The van der Waals surface area contributed by atoms with Crippen LogP contribution in [0.3, 0.4) is 0 Å². The molecule has 0 aromatic heterocycles. The van der Waals surface area contributed by atoms with Gasteiger partial charge in [0.2, 0.25) is 0 Å². The number of carboxylic acids is 1. The highest BCUT2D eigenvalue weighted by atomic mass is 19.1. The number of hydrogen-bond donors (Lipinski definition) is 3. The highest BCUT2D eigenvalue weighted by molar-refractivity contribution is 5.90. The first kappa shape index (κ1) is 17.7. The molecule has 1 aromatic rings. The molecule has 0 fully saturated rings. The number of benzene rings is 1. The Morgan fingerprint density at radius 2 is 1.95 bits per heavy atom. The molecule has 3 N–H and O–H groups in total. The van der Waals surface area contributed by atoms with Gasteiger partial charge in [0.15, 0.2) is 0 Å². The number of amides is 1. The van der Waals surface area contributed by atoms with E-state index < -0.39 is 29.5 Å². The summed E-state index contributed by atoms with van der Waals surface area (Å²) in [5.74, 6) is -1.60. The summed E-state index contributed by atoms with van der Waals surface area (Å²) in [5.41, 5.74) is -0.250. The first-order valence-corrected chi connectivity index (χ1v) is 6.91. The first-order chi connectivity index (χ1) is 10.1. The van der Waals surface area contributed by atoms with Gasteiger partial charge in [-0.05, 0) is 45.4 Å². The number of nitrogens with one attached hydrogen (secondary N) is 2. The van der Waals surface area contributed by atoms with E-state index in [0.717, 1.165) is 6.07 Å². The number of halogens is 1. The Balaban J connectivity index is 2.95. The maximum atomic E-state index is 13.4. The van der Waals surface area contributed by atoms with Crippen molar-refractivity contribution < 1.29 is 23.8 Å².